The van der Waals surface area contributed by atoms with E-state index in [4.69, 9.17) is 0 Å². The average molecular weight is 261 g/mol. The van der Waals surface area contributed by atoms with Crippen LogP contribution in [-0.2, 0) is 6.18 Å². The van der Waals surface area contributed by atoms with Crippen molar-refractivity contribution in [3.63, 3.8) is 0 Å². The van der Waals surface area contributed by atoms with Crippen LogP contribution in [0.3, 0.4) is 0 Å². The van der Waals surface area contributed by atoms with Gasteiger partial charge in [-0.2, -0.15) is 13.2 Å². The van der Waals surface area contributed by atoms with Crippen molar-refractivity contribution < 1.29 is 18.3 Å². The molecule has 0 bridgehead atoms. The van der Waals surface area contributed by atoms with Crippen molar-refractivity contribution in [3.8, 4) is 0 Å². The fourth-order valence-electron chi connectivity index (χ4n) is 1.97. The molecule has 1 aliphatic rings. The Bertz CT molecular complexity index is 424. The predicted octanol–water partition coefficient (Wildman–Crippen LogP) is 1.70. The van der Waals surface area contributed by atoms with E-state index in [0.29, 0.717) is 19.5 Å². The minimum Gasteiger partial charge on any atom is -0.393 e. The van der Waals surface area contributed by atoms with E-state index < -0.39 is 18.0 Å². The number of aliphatic hydroxyl groups is 1. The second-order valence-electron chi connectivity index (χ2n) is 4.52. The maximum absolute atomic E-state index is 12.5. The third-order valence-electron chi connectivity index (χ3n) is 3.08. The standard InChI is InChI=1S/C11H14F3N3O/c1-7-6-17(5-3-8(7)18)10-15-4-2-9(16-10)11(12,13)14/h2,4,7-8,18H,3,5-6H2,1H3. The van der Waals surface area contributed by atoms with E-state index in [1.807, 2.05) is 6.92 Å². The fraction of sp³-hybridized carbons (Fsp3) is 0.636. The molecule has 1 saturated heterocycles. The molecular weight excluding hydrogens is 247 g/mol. The first-order valence-electron chi connectivity index (χ1n) is 5.71. The molecule has 2 atom stereocenters. The highest BCUT2D eigenvalue weighted by atomic mass is 19.4. The van der Waals surface area contributed by atoms with Crippen LogP contribution in [0.5, 0.6) is 0 Å². The van der Waals surface area contributed by atoms with Crippen molar-refractivity contribution in [3.05, 3.63) is 18.0 Å². The normalized spacial score (nSPS) is 25.3. The Labute approximate surface area is 102 Å². The lowest BCUT2D eigenvalue weighted by molar-refractivity contribution is -0.141. The number of halogens is 3. The van der Waals surface area contributed by atoms with Crippen molar-refractivity contribution in [2.75, 3.05) is 18.0 Å². The third kappa shape index (κ3) is 2.72. The molecule has 2 rings (SSSR count). The van der Waals surface area contributed by atoms with E-state index in [0.717, 1.165) is 12.3 Å². The molecule has 0 amide bonds. The van der Waals surface area contributed by atoms with E-state index in [2.05, 4.69) is 9.97 Å². The molecule has 2 unspecified atom stereocenters. The molecular formula is C11H14F3N3O. The molecule has 1 aromatic rings. The summed E-state index contributed by atoms with van der Waals surface area (Å²) in [6, 6.07) is 0.853. The van der Waals surface area contributed by atoms with Gasteiger partial charge >= 0.3 is 6.18 Å². The lowest BCUT2D eigenvalue weighted by atomic mass is 9.97. The maximum Gasteiger partial charge on any atom is 0.433 e. The molecule has 2 heterocycles. The Morgan fingerprint density at radius 3 is 2.78 bits per heavy atom. The van der Waals surface area contributed by atoms with E-state index in [1.54, 1.807) is 4.90 Å². The first kappa shape index (κ1) is 13.1. The molecule has 0 radical (unpaired) electrons. The number of alkyl halides is 3. The van der Waals surface area contributed by atoms with Crippen LogP contribution in [-0.4, -0.2) is 34.3 Å². The van der Waals surface area contributed by atoms with E-state index in [1.165, 1.54) is 0 Å². The van der Waals surface area contributed by atoms with Gasteiger partial charge in [0.25, 0.3) is 0 Å². The minimum atomic E-state index is -4.46. The highest BCUT2D eigenvalue weighted by Gasteiger charge is 2.34. The van der Waals surface area contributed by atoms with Gasteiger partial charge in [-0.3, -0.25) is 0 Å². The molecule has 1 aliphatic heterocycles. The van der Waals surface area contributed by atoms with Crippen LogP contribution in [0.1, 0.15) is 19.0 Å². The lowest BCUT2D eigenvalue weighted by Crippen LogP contribution is -2.42. The van der Waals surface area contributed by atoms with Gasteiger partial charge in [0.2, 0.25) is 5.95 Å². The number of anilines is 1. The summed E-state index contributed by atoms with van der Waals surface area (Å²) < 4.78 is 37.6. The van der Waals surface area contributed by atoms with Crippen molar-refractivity contribution in [1.82, 2.24) is 9.97 Å². The van der Waals surface area contributed by atoms with Gasteiger partial charge in [-0.15, -0.1) is 0 Å². The van der Waals surface area contributed by atoms with Crippen molar-refractivity contribution in [1.29, 1.82) is 0 Å². The molecule has 0 spiro atoms. The van der Waals surface area contributed by atoms with Gasteiger partial charge < -0.3 is 10.0 Å². The van der Waals surface area contributed by atoms with Crippen molar-refractivity contribution >= 4 is 5.95 Å². The van der Waals surface area contributed by atoms with Crippen LogP contribution < -0.4 is 4.90 Å². The summed E-state index contributed by atoms with van der Waals surface area (Å²) in [7, 11) is 0. The number of aromatic nitrogens is 2. The summed E-state index contributed by atoms with van der Waals surface area (Å²) in [5.74, 6) is 0.0699. The number of rotatable bonds is 1. The van der Waals surface area contributed by atoms with Gasteiger partial charge in [0, 0.05) is 19.3 Å². The van der Waals surface area contributed by atoms with E-state index in [9.17, 15) is 18.3 Å². The molecule has 4 nitrogen and oxygen atoms in total. The maximum atomic E-state index is 12.5. The van der Waals surface area contributed by atoms with Gasteiger partial charge in [-0.25, -0.2) is 9.97 Å². The Hall–Kier alpha value is -1.37. The zero-order valence-electron chi connectivity index (χ0n) is 9.85. The van der Waals surface area contributed by atoms with Crippen LogP contribution in [0.2, 0.25) is 0 Å². The van der Waals surface area contributed by atoms with Gasteiger partial charge in [0.05, 0.1) is 6.10 Å². The summed E-state index contributed by atoms with van der Waals surface area (Å²) in [4.78, 5) is 9.08. The van der Waals surface area contributed by atoms with Crippen molar-refractivity contribution in [2.24, 2.45) is 5.92 Å². The van der Waals surface area contributed by atoms with Crippen LogP contribution in [0, 0.1) is 5.92 Å². The topological polar surface area (TPSA) is 49.2 Å². The average Bonchev–Trinajstić information content (AvgIpc) is 2.32. The molecule has 1 N–H and O–H groups in total. The summed E-state index contributed by atoms with van der Waals surface area (Å²) in [6.45, 7) is 2.78. The van der Waals surface area contributed by atoms with Gasteiger partial charge in [0.1, 0.15) is 5.69 Å². The SMILES string of the molecule is CC1CN(c2nccc(C(F)(F)F)n2)CCC1O. The molecule has 1 fully saturated rings. The smallest absolute Gasteiger partial charge is 0.393 e. The summed E-state index contributed by atoms with van der Waals surface area (Å²) >= 11 is 0. The predicted molar refractivity (Wildman–Crippen MR) is 59.0 cm³/mol. The fourth-order valence-corrected chi connectivity index (χ4v) is 1.97. The lowest BCUT2D eigenvalue weighted by Gasteiger charge is -2.34. The number of nitrogens with zero attached hydrogens (tertiary/aromatic N) is 3. The Morgan fingerprint density at radius 1 is 1.44 bits per heavy atom. The van der Waals surface area contributed by atoms with Crippen LogP contribution in [0.4, 0.5) is 19.1 Å². The van der Waals surface area contributed by atoms with Gasteiger partial charge in [-0.05, 0) is 18.4 Å². The Morgan fingerprint density at radius 2 is 2.17 bits per heavy atom. The second kappa shape index (κ2) is 4.72. The monoisotopic (exact) mass is 261 g/mol. The first-order valence-corrected chi connectivity index (χ1v) is 5.71. The van der Waals surface area contributed by atoms with Crippen LogP contribution >= 0.6 is 0 Å². The molecule has 0 aromatic carbocycles. The molecule has 7 heteroatoms. The van der Waals surface area contributed by atoms with Gasteiger partial charge in [0.15, 0.2) is 0 Å². The van der Waals surface area contributed by atoms with Gasteiger partial charge in [-0.1, -0.05) is 6.92 Å². The van der Waals surface area contributed by atoms with Crippen LogP contribution in [0.15, 0.2) is 12.3 Å². The quantitative estimate of drug-likeness (QED) is 0.836. The zero-order valence-corrected chi connectivity index (χ0v) is 9.85. The molecule has 0 saturated carbocycles. The van der Waals surface area contributed by atoms with Crippen LogP contribution in [0.25, 0.3) is 0 Å². The van der Waals surface area contributed by atoms with Crippen molar-refractivity contribution in [2.45, 2.75) is 25.6 Å². The number of hydrogen-bond acceptors (Lipinski definition) is 4. The summed E-state index contributed by atoms with van der Waals surface area (Å²) in [5, 5.41) is 9.58. The summed E-state index contributed by atoms with van der Waals surface area (Å²) in [6.07, 6.45) is -3.24. The molecule has 1 aromatic heterocycles. The largest absolute Gasteiger partial charge is 0.433 e. The number of hydrogen-bond donors (Lipinski definition) is 1. The molecule has 100 valence electrons. The number of aliphatic hydroxyl groups excluding tert-OH is 1. The summed E-state index contributed by atoms with van der Waals surface area (Å²) in [5.41, 5.74) is -0.939. The molecule has 0 aliphatic carbocycles. The highest BCUT2D eigenvalue weighted by molar-refractivity contribution is 5.32. The second-order valence-corrected chi connectivity index (χ2v) is 4.52. The number of piperidine rings is 1. The Kier molecular flexibility index (Phi) is 3.43. The van der Waals surface area contributed by atoms with E-state index in [-0.39, 0.29) is 11.9 Å². The Balaban J connectivity index is 2.19. The zero-order chi connectivity index (χ0) is 13.3. The third-order valence-corrected chi connectivity index (χ3v) is 3.08. The van der Waals surface area contributed by atoms with E-state index >= 15 is 0 Å². The first-order chi connectivity index (χ1) is 8.38. The molecule has 18 heavy (non-hydrogen) atoms. The highest BCUT2D eigenvalue weighted by Crippen LogP contribution is 2.29. The minimum absolute atomic E-state index is 0.00288.